The quantitative estimate of drug-likeness (QED) is 0.709. The van der Waals surface area contributed by atoms with E-state index < -0.39 is 17.7 Å². The highest BCUT2D eigenvalue weighted by molar-refractivity contribution is 5.74. The summed E-state index contributed by atoms with van der Waals surface area (Å²) in [7, 11) is 3.94. The molecule has 1 saturated heterocycles. The van der Waals surface area contributed by atoms with Gasteiger partial charge in [-0.2, -0.15) is 0 Å². The van der Waals surface area contributed by atoms with Gasteiger partial charge in [0.1, 0.15) is 11.9 Å². The minimum Gasteiger partial charge on any atom is -0.444 e. The van der Waals surface area contributed by atoms with Crippen molar-refractivity contribution in [3.63, 3.8) is 0 Å². The van der Waals surface area contributed by atoms with E-state index in [1.165, 1.54) is 4.90 Å². The van der Waals surface area contributed by atoms with Crippen LogP contribution in [0.3, 0.4) is 0 Å². The largest absolute Gasteiger partial charge is 0.444 e. The van der Waals surface area contributed by atoms with Crippen molar-refractivity contribution in [3.05, 3.63) is 0 Å². The summed E-state index contributed by atoms with van der Waals surface area (Å²) in [5.74, 6) is 0. The minimum absolute atomic E-state index is 0.0994. The number of carbonyl (C=O) groups excluding carboxylic acids is 2. The van der Waals surface area contributed by atoms with Crippen molar-refractivity contribution in [2.45, 2.75) is 44.9 Å². The van der Waals surface area contributed by atoms with Crippen LogP contribution in [-0.2, 0) is 14.3 Å². The van der Waals surface area contributed by atoms with Gasteiger partial charge in [0, 0.05) is 13.0 Å². The predicted octanol–water partition coefficient (Wildman–Crippen LogP) is 1.14. The van der Waals surface area contributed by atoms with Crippen LogP contribution >= 0.6 is 0 Å². The van der Waals surface area contributed by atoms with Crippen LogP contribution in [-0.4, -0.2) is 73.7 Å². The van der Waals surface area contributed by atoms with Gasteiger partial charge < -0.3 is 19.2 Å². The first-order valence-electron chi connectivity index (χ1n) is 6.94. The Morgan fingerprint density at radius 1 is 1.40 bits per heavy atom. The lowest BCUT2D eigenvalue weighted by atomic mass is 10.2. The average Bonchev–Trinajstić information content (AvgIpc) is 2.69. The van der Waals surface area contributed by atoms with E-state index in [4.69, 9.17) is 9.47 Å². The molecule has 0 aromatic rings. The molecule has 1 heterocycles. The second kappa shape index (κ2) is 7.04. The van der Waals surface area contributed by atoms with Crippen molar-refractivity contribution in [3.8, 4) is 0 Å². The van der Waals surface area contributed by atoms with Gasteiger partial charge in [-0.25, -0.2) is 4.79 Å². The molecule has 1 amide bonds. The van der Waals surface area contributed by atoms with Gasteiger partial charge in [-0.05, 0) is 34.9 Å². The minimum atomic E-state index is -0.561. The Hall–Kier alpha value is -1.14. The van der Waals surface area contributed by atoms with Crippen LogP contribution in [0.15, 0.2) is 0 Å². The molecule has 0 bridgehead atoms. The molecular formula is C14H26N2O4. The summed E-state index contributed by atoms with van der Waals surface area (Å²) >= 11 is 0. The summed E-state index contributed by atoms with van der Waals surface area (Å²) in [6.07, 6.45) is 0.779. The van der Waals surface area contributed by atoms with Gasteiger partial charge in [-0.15, -0.1) is 0 Å². The van der Waals surface area contributed by atoms with Gasteiger partial charge >= 0.3 is 6.09 Å². The van der Waals surface area contributed by atoms with E-state index in [1.807, 2.05) is 39.8 Å². The lowest BCUT2D eigenvalue weighted by Crippen LogP contribution is -2.40. The Bertz CT molecular complexity index is 339. The first-order valence-corrected chi connectivity index (χ1v) is 6.94. The van der Waals surface area contributed by atoms with Gasteiger partial charge in [0.2, 0.25) is 0 Å². The van der Waals surface area contributed by atoms with Gasteiger partial charge in [0.05, 0.1) is 25.3 Å². The molecule has 2 atom stereocenters. The molecule has 0 aromatic carbocycles. The SMILES string of the molecule is CN(C)CCOC1C[C@@H](C=O)N(C(=O)OC(C)(C)C)C1. The molecule has 116 valence electrons. The second-order valence-electron chi connectivity index (χ2n) is 6.37. The summed E-state index contributed by atoms with van der Waals surface area (Å²) < 4.78 is 11.0. The number of likely N-dealkylation sites (N-methyl/N-ethyl adjacent to an activating group) is 1. The standard InChI is InChI=1S/C14H26N2O4/c1-14(2,3)20-13(18)16-9-12(8-11(16)10-17)19-7-6-15(4)5/h10-12H,6-9H2,1-5H3/t11-,12?/m0/s1. The molecule has 1 rings (SSSR count). The van der Waals surface area contributed by atoms with Crippen LogP contribution in [0.5, 0.6) is 0 Å². The molecule has 0 aromatic heterocycles. The number of amides is 1. The third-order valence-electron chi connectivity index (χ3n) is 2.98. The Morgan fingerprint density at radius 2 is 2.05 bits per heavy atom. The van der Waals surface area contributed by atoms with E-state index in [-0.39, 0.29) is 6.10 Å². The lowest BCUT2D eigenvalue weighted by Gasteiger charge is -2.26. The number of rotatable bonds is 5. The molecule has 1 fully saturated rings. The highest BCUT2D eigenvalue weighted by atomic mass is 16.6. The van der Waals surface area contributed by atoms with Crippen LogP contribution in [0.4, 0.5) is 4.79 Å². The van der Waals surface area contributed by atoms with Crippen molar-refractivity contribution in [1.29, 1.82) is 0 Å². The predicted molar refractivity (Wildman–Crippen MR) is 75.7 cm³/mol. The Labute approximate surface area is 121 Å². The molecular weight excluding hydrogens is 260 g/mol. The fourth-order valence-corrected chi connectivity index (χ4v) is 2.01. The summed E-state index contributed by atoms with van der Waals surface area (Å²) in [5, 5.41) is 0. The molecule has 6 nitrogen and oxygen atoms in total. The van der Waals surface area contributed by atoms with Crippen LogP contribution in [0.1, 0.15) is 27.2 Å². The Balaban J connectivity index is 2.51. The van der Waals surface area contributed by atoms with E-state index >= 15 is 0 Å². The molecule has 1 aliphatic rings. The number of likely N-dealkylation sites (tertiary alicyclic amines) is 1. The van der Waals surface area contributed by atoms with Crippen molar-refractivity contribution in [2.75, 3.05) is 33.8 Å². The van der Waals surface area contributed by atoms with E-state index in [0.717, 1.165) is 12.8 Å². The molecule has 6 heteroatoms. The zero-order valence-electron chi connectivity index (χ0n) is 13.1. The third kappa shape index (κ3) is 5.46. The van der Waals surface area contributed by atoms with Gasteiger partial charge in [0.15, 0.2) is 0 Å². The number of ether oxygens (including phenoxy) is 2. The van der Waals surface area contributed by atoms with Crippen molar-refractivity contribution < 1.29 is 19.1 Å². The molecule has 0 radical (unpaired) electrons. The number of hydrogen-bond donors (Lipinski definition) is 0. The monoisotopic (exact) mass is 286 g/mol. The van der Waals surface area contributed by atoms with E-state index in [1.54, 1.807) is 0 Å². The van der Waals surface area contributed by atoms with Gasteiger partial charge in [-0.1, -0.05) is 0 Å². The van der Waals surface area contributed by atoms with Crippen molar-refractivity contribution in [1.82, 2.24) is 9.80 Å². The van der Waals surface area contributed by atoms with Crippen LogP contribution in [0.2, 0.25) is 0 Å². The Kier molecular flexibility index (Phi) is 5.95. The maximum Gasteiger partial charge on any atom is 0.410 e. The maximum atomic E-state index is 12.0. The van der Waals surface area contributed by atoms with Crippen molar-refractivity contribution in [2.24, 2.45) is 0 Å². The summed E-state index contributed by atoms with van der Waals surface area (Å²) in [6, 6.07) is -0.450. The second-order valence-corrected chi connectivity index (χ2v) is 6.37. The normalized spacial score (nSPS) is 23.2. The number of hydrogen-bond acceptors (Lipinski definition) is 5. The number of carbonyl (C=O) groups is 2. The number of nitrogens with zero attached hydrogens (tertiary/aromatic N) is 2. The molecule has 1 unspecified atom stereocenters. The highest BCUT2D eigenvalue weighted by Gasteiger charge is 2.37. The van der Waals surface area contributed by atoms with E-state index in [0.29, 0.717) is 19.6 Å². The highest BCUT2D eigenvalue weighted by Crippen LogP contribution is 2.22. The van der Waals surface area contributed by atoms with E-state index in [2.05, 4.69) is 0 Å². The lowest BCUT2D eigenvalue weighted by molar-refractivity contribution is -0.111. The zero-order valence-corrected chi connectivity index (χ0v) is 13.1. The first kappa shape index (κ1) is 16.9. The van der Waals surface area contributed by atoms with Crippen molar-refractivity contribution >= 4 is 12.4 Å². The van der Waals surface area contributed by atoms with Gasteiger partial charge in [-0.3, -0.25) is 4.90 Å². The third-order valence-corrected chi connectivity index (χ3v) is 2.98. The fourth-order valence-electron chi connectivity index (χ4n) is 2.01. The average molecular weight is 286 g/mol. The van der Waals surface area contributed by atoms with Gasteiger partial charge in [0.25, 0.3) is 0 Å². The van der Waals surface area contributed by atoms with Crippen LogP contribution < -0.4 is 0 Å². The molecule has 1 aliphatic heterocycles. The molecule has 0 N–H and O–H groups in total. The van der Waals surface area contributed by atoms with E-state index in [9.17, 15) is 9.59 Å². The summed E-state index contributed by atoms with van der Waals surface area (Å²) in [4.78, 5) is 26.6. The summed E-state index contributed by atoms with van der Waals surface area (Å²) in [6.45, 7) is 7.23. The molecule has 0 saturated carbocycles. The fraction of sp³-hybridized carbons (Fsp3) is 0.857. The molecule has 20 heavy (non-hydrogen) atoms. The maximum absolute atomic E-state index is 12.0. The van der Waals surface area contributed by atoms with Crippen LogP contribution in [0, 0.1) is 0 Å². The smallest absolute Gasteiger partial charge is 0.410 e. The van der Waals surface area contributed by atoms with Crippen LogP contribution in [0.25, 0.3) is 0 Å². The first-order chi connectivity index (χ1) is 9.23. The summed E-state index contributed by atoms with van der Waals surface area (Å²) in [5.41, 5.74) is -0.561. The zero-order chi connectivity index (χ0) is 15.3. The molecule has 0 aliphatic carbocycles. The molecule has 0 spiro atoms. The topological polar surface area (TPSA) is 59.1 Å². The Morgan fingerprint density at radius 3 is 2.55 bits per heavy atom. The number of aldehydes is 1.